The molecule has 3 rings (SSSR count). The summed E-state index contributed by atoms with van der Waals surface area (Å²) in [4.78, 5) is 11.9. The molecule has 1 aliphatic heterocycles. The van der Waals surface area contributed by atoms with Crippen LogP contribution in [-0.2, 0) is 6.42 Å². The molecule has 1 N–H and O–H groups in total. The number of aromatic nitrogens is 1. The van der Waals surface area contributed by atoms with Crippen molar-refractivity contribution in [2.45, 2.75) is 19.0 Å². The van der Waals surface area contributed by atoms with Gasteiger partial charge in [0.1, 0.15) is 12.0 Å². The Bertz CT molecular complexity index is 683. The van der Waals surface area contributed by atoms with Gasteiger partial charge in [-0.05, 0) is 37.1 Å². The predicted molar refractivity (Wildman–Crippen MR) is 75.8 cm³/mol. The van der Waals surface area contributed by atoms with Gasteiger partial charge >= 0.3 is 0 Å². The summed E-state index contributed by atoms with van der Waals surface area (Å²) in [6.45, 7) is 0. The summed E-state index contributed by atoms with van der Waals surface area (Å²) in [5, 5.41) is 3.10. The van der Waals surface area contributed by atoms with E-state index >= 15 is 0 Å². The van der Waals surface area contributed by atoms with Crippen molar-refractivity contribution in [1.29, 1.82) is 0 Å². The van der Waals surface area contributed by atoms with E-state index < -0.39 is 0 Å². The summed E-state index contributed by atoms with van der Waals surface area (Å²) < 4.78 is 16.2. The molecule has 0 amide bonds. The zero-order valence-corrected chi connectivity index (χ0v) is 11.7. The second-order valence-corrected chi connectivity index (χ2v) is 5.46. The molecule has 1 unspecified atom stereocenters. The Morgan fingerprint density at radius 1 is 1.32 bits per heavy atom. The van der Waals surface area contributed by atoms with Gasteiger partial charge in [-0.25, -0.2) is 4.39 Å². The molecule has 1 atom stereocenters. The molecule has 5 heteroatoms. The first kappa shape index (κ1) is 12.4. The lowest BCUT2D eigenvalue weighted by molar-refractivity contribution is 0.565. The molecule has 3 nitrogen and oxygen atoms in total. The minimum absolute atomic E-state index is 0.0509. The molecule has 0 saturated heterocycles. The fourth-order valence-electron chi connectivity index (χ4n) is 2.44. The highest BCUT2D eigenvalue weighted by Gasteiger charge is 2.23. The Kier molecular flexibility index (Phi) is 3.14. The first-order valence-corrected chi connectivity index (χ1v) is 6.86. The Labute approximate surface area is 118 Å². The fourth-order valence-corrected chi connectivity index (χ4v) is 2.77. The molecule has 2 heterocycles. The van der Waals surface area contributed by atoms with Crippen LogP contribution in [0.2, 0.25) is 0 Å². The first-order chi connectivity index (χ1) is 9.15. The van der Waals surface area contributed by atoms with Crippen LogP contribution >= 0.6 is 15.9 Å². The lowest BCUT2D eigenvalue weighted by atomic mass is 10.2. The van der Waals surface area contributed by atoms with E-state index in [1.807, 2.05) is 6.07 Å². The normalized spacial score (nSPS) is 17.3. The molecule has 0 fully saturated rings. The minimum atomic E-state index is -0.327. The van der Waals surface area contributed by atoms with Gasteiger partial charge in [-0.15, -0.1) is 0 Å². The van der Waals surface area contributed by atoms with Gasteiger partial charge in [-0.2, -0.15) is 0 Å². The Morgan fingerprint density at radius 3 is 2.95 bits per heavy atom. The molecule has 0 spiro atoms. The number of pyridine rings is 1. The van der Waals surface area contributed by atoms with Gasteiger partial charge in [0.25, 0.3) is 5.56 Å². The molecule has 98 valence electrons. The number of benzene rings is 1. The summed E-state index contributed by atoms with van der Waals surface area (Å²) in [5.41, 5.74) is 1.35. The molecule has 0 saturated carbocycles. The van der Waals surface area contributed by atoms with Crippen LogP contribution in [0.15, 0.2) is 45.7 Å². The van der Waals surface area contributed by atoms with Crippen LogP contribution in [0.4, 0.5) is 10.1 Å². The second-order valence-electron chi connectivity index (χ2n) is 4.55. The van der Waals surface area contributed by atoms with Crippen LogP contribution in [0.25, 0.3) is 0 Å². The highest BCUT2D eigenvalue weighted by atomic mass is 79.9. The Hall–Kier alpha value is -1.62. The van der Waals surface area contributed by atoms with E-state index in [-0.39, 0.29) is 17.5 Å². The van der Waals surface area contributed by atoms with E-state index in [1.165, 1.54) is 12.1 Å². The number of hydrogen-bond acceptors (Lipinski definition) is 2. The third-order valence-corrected chi connectivity index (χ3v) is 3.81. The SMILES string of the molecule is O=c1cccc2n1C(Nc1ccc(Br)cc1F)CC2. The number of hydrogen-bond donors (Lipinski definition) is 1. The van der Waals surface area contributed by atoms with E-state index in [1.54, 1.807) is 22.8 Å². The number of nitrogens with zero attached hydrogens (tertiary/aromatic N) is 1. The maximum atomic E-state index is 13.8. The van der Waals surface area contributed by atoms with Crippen molar-refractivity contribution in [1.82, 2.24) is 4.57 Å². The summed E-state index contributed by atoms with van der Waals surface area (Å²) in [6, 6.07) is 10.1. The largest absolute Gasteiger partial charge is 0.362 e. The topological polar surface area (TPSA) is 34.0 Å². The Balaban J connectivity index is 1.93. The molecule has 1 aliphatic rings. The number of nitrogens with one attached hydrogen (secondary N) is 1. The van der Waals surface area contributed by atoms with Crippen LogP contribution < -0.4 is 10.9 Å². The molecular formula is C14H12BrFN2O. The maximum Gasteiger partial charge on any atom is 0.252 e. The van der Waals surface area contributed by atoms with E-state index in [9.17, 15) is 9.18 Å². The van der Waals surface area contributed by atoms with E-state index in [0.717, 1.165) is 18.5 Å². The molecule has 0 bridgehead atoms. The molecule has 0 radical (unpaired) electrons. The van der Waals surface area contributed by atoms with E-state index in [4.69, 9.17) is 0 Å². The summed E-state index contributed by atoms with van der Waals surface area (Å²) >= 11 is 3.22. The fraction of sp³-hybridized carbons (Fsp3) is 0.214. The molecule has 1 aromatic heterocycles. The van der Waals surface area contributed by atoms with Gasteiger partial charge in [-0.1, -0.05) is 22.0 Å². The summed E-state index contributed by atoms with van der Waals surface area (Å²) in [7, 11) is 0. The third kappa shape index (κ3) is 2.30. The van der Waals surface area contributed by atoms with Gasteiger partial charge in [0.05, 0.1) is 5.69 Å². The average molecular weight is 323 g/mol. The minimum Gasteiger partial charge on any atom is -0.362 e. The van der Waals surface area contributed by atoms with Crippen molar-refractivity contribution < 1.29 is 4.39 Å². The van der Waals surface area contributed by atoms with Crippen molar-refractivity contribution in [3.63, 3.8) is 0 Å². The van der Waals surface area contributed by atoms with Crippen LogP contribution in [0, 0.1) is 5.82 Å². The standard InChI is InChI=1S/C14H12BrFN2O/c15-9-4-6-12(11(16)8-9)17-13-7-5-10-2-1-3-14(19)18(10)13/h1-4,6,8,13,17H,5,7H2. The summed E-state index contributed by atoms with van der Waals surface area (Å²) in [6.07, 6.45) is 1.43. The number of anilines is 1. The average Bonchev–Trinajstić information content (AvgIpc) is 2.77. The maximum absolute atomic E-state index is 13.8. The predicted octanol–water partition coefficient (Wildman–Crippen LogP) is 3.31. The van der Waals surface area contributed by atoms with Crippen molar-refractivity contribution in [2.24, 2.45) is 0 Å². The van der Waals surface area contributed by atoms with Gasteiger partial charge in [0, 0.05) is 16.2 Å². The second kappa shape index (κ2) is 4.81. The van der Waals surface area contributed by atoms with Crippen molar-refractivity contribution in [3.8, 4) is 0 Å². The zero-order chi connectivity index (χ0) is 13.4. The monoisotopic (exact) mass is 322 g/mol. The molecule has 1 aromatic carbocycles. The lowest BCUT2D eigenvalue weighted by Crippen LogP contribution is -2.26. The van der Waals surface area contributed by atoms with Gasteiger partial charge < -0.3 is 5.32 Å². The molecular weight excluding hydrogens is 311 g/mol. The zero-order valence-electron chi connectivity index (χ0n) is 10.1. The van der Waals surface area contributed by atoms with Crippen molar-refractivity contribution >= 4 is 21.6 Å². The highest BCUT2D eigenvalue weighted by molar-refractivity contribution is 9.10. The van der Waals surface area contributed by atoms with Crippen molar-refractivity contribution in [3.05, 3.63) is 62.7 Å². The number of rotatable bonds is 2. The van der Waals surface area contributed by atoms with Crippen LogP contribution in [0.3, 0.4) is 0 Å². The van der Waals surface area contributed by atoms with E-state index in [2.05, 4.69) is 21.2 Å². The van der Waals surface area contributed by atoms with Crippen LogP contribution in [0.5, 0.6) is 0 Å². The molecule has 19 heavy (non-hydrogen) atoms. The molecule has 0 aliphatic carbocycles. The summed E-state index contributed by atoms with van der Waals surface area (Å²) in [5.74, 6) is -0.327. The quantitative estimate of drug-likeness (QED) is 0.920. The third-order valence-electron chi connectivity index (χ3n) is 3.31. The van der Waals surface area contributed by atoms with Gasteiger partial charge in [-0.3, -0.25) is 9.36 Å². The number of aryl methyl sites for hydroxylation is 1. The number of halogens is 2. The van der Waals surface area contributed by atoms with Crippen molar-refractivity contribution in [2.75, 3.05) is 5.32 Å². The first-order valence-electron chi connectivity index (χ1n) is 6.07. The lowest BCUT2D eigenvalue weighted by Gasteiger charge is -2.18. The molecule has 2 aromatic rings. The smallest absolute Gasteiger partial charge is 0.252 e. The van der Waals surface area contributed by atoms with Crippen LogP contribution in [-0.4, -0.2) is 4.57 Å². The highest BCUT2D eigenvalue weighted by Crippen LogP contribution is 2.27. The van der Waals surface area contributed by atoms with Gasteiger partial charge in [0.15, 0.2) is 0 Å². The van der Waals surface area contributed by atoms with Gasteiger partial charge in [0.2, 0.25) is 0 Å². The number of fused-ring (bicyclic) bond motifs is 1. The van der Waals surface area contributed by atoms with E-state index in [0.29, 0.717) is 10.2 Å². The Morgan fingerprint density at radius 2 is 2.16 bits per heavy atom. The van der Waals surface area contributed by atoms with Crippen LogP contribution in [0.1, 0.15) is 18.3 Å².